The summed E-state index contributed by atoms with van der Waals surface area (Å²) in [5.41, 5.74) is 2.30. The third-order valence-electron chi connectivity index (χ3n) is 1.14. The van der Waals surface area contributed by atoms with E-state index in [2.05, 4.69) is 11.8 Å². The SMILES string of the molecule is C=C(C)/C=C\C(N=O)=C(C)C. The molecule has 0 aliphatic rings. The summed E-state index contributed by atoms with van der Waals surface area (Å²) in [6.45, 7) is 9.23. The van der Waals surface area contributed by atoms with Crippen LogP contribution >= 0.6 is 0 Å². The first-order valence-electron chi connectivity index (χ1n) is 3.42. The first kappa shape index (κ1) is 9.82. The predicted molar refractivity (Wildman–Crippen MR) is 48.1 cm³/mol. The Morgan fingerprint density at radius 2 is 1.82 bits per heavy atom. The normalized spacial score (nSPS) is 9.73. The fraction of sp³-hybridized carbons (Fsp3) is 0.333. The maximum atomic E-state index is 10.2. The summed E-state index contributed by atoms with van der Waals surface area (Å²) in [6.07, 6.45) is 3.44. The Morgan fingerprint density at radius 3 is 2.09 bits per heavy atom. The second-order valence-corrected chi connectivity index (χ2v) is 2.66. The van der Waals surface area contributed by atoms with Crippen LogP contribution in [0, 0.1) is 4.91 Å². The number of nitrogens with zero attached hydrogens (tertiary/aromatic N) is 1. The quantitative estimate of drug-likeness (QED) is 0.450. The average Bonchev–Trinajstić information content (AvgIpc) is 1.87. The summed E-state index contributed by atoms with van der Waals surface area (Å²) in [7, 11) is 0. The molecule has 2 nitrogen and oxygen atoms in total. The predicted octanol–water partition coefficient (Wildman–Crippen LogP) is 3.18. The lowest BCUT2D eigenvalue weighted by Crippen LogP contribution is -1.75. The molecule has 0 aliphatic heterocycles. The molecule has 0 N–H and O–H groups in total. The van der Waals surface area contributed by atoms with Crippen molar-refractivity contribution in [3.05, 3.63) is 40.5 Å². The van der Waals surface area contributed by atoms with Gasteiger partial charge in [0.2, 0.25) is 0 Å². The van der Waals surface area contributed by atoms with Crippen molar-refractivity contribution in [2.24, 2.45) is 5.18 Å². The van der Waals surface area contributed by atoms with E-state index in [1.165, 1.54) is 0 Å². The van der Waals surface area contributed by atoms with E-state index in [0.29, 0.717) is 5.70 Å². The molecule has 0 atom stereocenters. The average molecular weight is 151 g/mol. The standard InChI is InChI=1S/C9H13NO/c1-7(2)5-6-9(10-11)8(3)4/h5-6H,1H2,2-4H3/b6-5-. The van der Waals surface area contributed by atoms with Gasteiger partial charge < -0.3 is 0 Å². The summed E-state index contributed by atoms with van der Waals surface area (Å²) in [5.74, 6) is 0. The molecule has 0 rings (SSSR count). The molecule has 0 fully saturated rings. The minimum Gasteiger partial charge on any atom is -0.145 e. The monoisotopic (exact) mass is 151 g/mol. The summed E-state index contributed by atoms with van der Waals surface area (Å²) >= 11 is 0. The van der Waals surface area contributed by atoms with E-state index in [-0.39, 0.29) is 0 Å². The lowest BCUT2D eigenvalue weighted by Gasteiger charge is -1.91. The van der Waals surface area contributed by atoms with Gasteiger partial charge in [0.1, 0.15) is 5.70 Å². The number of rotatable bonds is 3. The Balaban J connectivity index is 4.46. The molecule has 0 aromatic heterocycles. The summed E-state index contributed by atoms with van der Waals surface area (Å²) in [5, 5.41) is 2.86. The van der Waals surface area contributed by atoms with Crippen molar-refractivity contribution in [2.45, 2.75) is 20.8 Å². The highest BCUT2D eigenvalue weighted by Crippen LogP contribution is 2.07. The minimum absolute atomic E-state index is 0.480. The topological polar surface area (TPSA) is 29.4 Å². The molecule has 0 unspecified atom stereocenters. The zero-order valence-electron chi connectivity index (χ0n) is 7.22. The van der Waals surface area contributed by atoms with E-state index in [0.717, 1.165) is 11.1 Å². The Labute approximate surface area is 67.3 Å². The molecular formula is C9H13NO. The van der Waals surface area contributed by atoms with Crippen LogP contribution in [-0.2, 0) is 0 Å². The molecule has 2 heteroatoms. The second kappa shape index (κ2) is 4.61. The van der Waals surface area contributed by atoms with Gasteiger partial charge in [-0.2, -0.15) is 0 Å². The van der Waals surface area contributed by atoms with E-state index in [1.807, 2.05) is 20.8 Å². The van der Waals surface area contributed by atoms with Gasteiger partial charge in [0.15, 0.2) is 0 Å². The Kier molecular flexibility index (Phi) is 4.11. The molecule has 0 spiro atoms. The van der Waals surface area contributed by atoms with E-state index in [9.17, 15) is 4.91 Å². The van der Waals surface area contributed by atoms with Crippen molar-refractivity contribution in [1.29, 1.82) is 0 Å². The lowest BCUT2D eigenvalue weighted by molar-refractivity contribution is 1.24. The molecular weight excluding hydrogens is 138 g/mol. The smallest absolute Gasteiger partial charge is 0.106 e. The van der Waals surface area contributed by atoms with Crippen molar-refractivity contribution < 1.29 is 0 Å². The maximum absolute atomic E-state index is 10.2. The Hall–Kier alpha value is -1.18. The fourth-order valence-corrected chi connectivity index (χ4v) is 0.510. The van der Waals surface area contributed by atoms with E-state index in [4.69, 9.17) is 0 Å². The zero-order chi connectivity index (χ0) is 8.85. The Morgan fingerprint density at radius 1 is 1.27 bits per heavy atom. The van der Waals surface area contributed by atoms with Crippen LogP contribution in [0.25, 0.3) is 0 Å². The van der Waals surface area contributed by atoms with E-state index in [1.54, 1.807) is 12.2 Å². The molecule has 0 aromatic carbocycles. The molecule has 0 amide bonds. The van der Waals surface area contributed by atoms with Gasteiger partial charge in [0, 0.05) is 0 Å². The number of hydrogen-bond acceptors (Lipinski definition) is 2. The van der Waals surface area contributed by atoms with Crippen molar-refractivity contribution in [3.8, 4) is 0 Å². The van der Waals surface area contributed by atoms with Gasteiger partial charge >= 0.3 is 0 Å². The van der Waals surface area contributed by atoms with Crippen LogP contribution in [0.2, 0.25) is 0 Å². The van der Waals surface area contributed by atoms with Crippen LogP contribution < -0.4 is 0 Å². The van der Waals surface area contributed by atoms with Gasteiger partial charge in [0.05, 0.1) is 0 Å². The fourth-order valence-electron chi connectivity index (χ4n) is 0.510. The molecule has 0 radical (unpaired) electrons. The summed E-state index contributed by atoms with van der Waals surface area (Å²) in [6, 6.07) is 0. The summed E-state index contributed by atoms with van der Waals surface area (Å²) < 4.78 is 0. The first-order valence-corrected chi connectivity index (χ1v) is 3.42. The number of allylic oxidation sites excluding steroid dienone is 4. The number of hydrogen-bond donors (Lipinski definition) is 0. The summed E-state index contributed by atoms with van der Waals surface area (Å²) in [4.78, 5) is 10.2. The van der Waals surface area contributed by atoms with Gasteiger partial charge in [-0.15, -0.1) is 4.91 Å². The van der Waals surface area contributed by atoms with Gasteiger partial charge in [-0.1, -0.05) is 18.2 Å². The van der Waals surface area contributed by atoms with E-state index >= 15 is 0 Å². The highest BCUT2D eigenvalue weighted by molar-refractivity contribution is 5.27. The molecule has 11 heavy (non-hydrogen) atoms. The van der Waals surface area contributed by atoms with Crippen LogP contribution in [0.3, 0.4) is 0 Å². The largest absolute Gasteiger partial charge is 0.145 e. The van der Waals surface area contributed by atoms with Gasteiger partial charge in [-0.3, -0.25) is 0 Å². The van der Waals surface area contributed by atoms with Crippen LogP contribution in [0.5, 0.6) is 0 Å². The number of nitroso groups, excluding NO2 is 1. The highest BCUT2D eigenvalue weighted by Gasteiger charge is 1.91. The molecule has 0 saturated carbocycles. The third-order valence-corrected chi connectivity index (χ3v) is 1.14. The van der Waals surface area contributed by atoms with Crippen LogP contribution in [0.4, 0.5) is 0 Å². The van der Waals surface area contributed by atoms with Crippen LogP contribution in [0.1, 0.15) is 20.8 Å². The lowest BCUT2D eigenvalue weighted by atomic mass is 10.2. The van der Waals surface area contributed by atoms with Gasteiger partial charge in [0.25, 0.3) is 0 Å². The van der Waals surface area contributed by atoms with Crippen molar-refractivity contribution >= 4 is 0 Å². The maximum Gasteiger partial charge on any atom is 0.106 e. The molecule has 60 valence electrons. The first-order chi connectivity index (χ1) is 5.07. The van der Waals surface area contributed by atoms with Crippen molar-refractivity contribution in [2.75, 3.05) is 0 Å². The Bertz CT molecular complexity index is 220. The minimum atomic E-state index is 0.480. The van der Waals surface area contributed by atoms with Crippen molar-refractivity contribution in [1.82, 2.24) is 0 Å². The molecule has 0 aliphatic carbocycles. The molecule has 0 saturated heterocycles. The van der Waals surface area contributed by atoms with Crippen LogP contribution in [0.15, 0.2) is 40.8 Å². The van der Waals surface area contributed by atoms with Crippen LogP contribution in [-0.4, -0.2) is 0 Å². The molecule has 0 heterocycles. The second-order valence-electron chi connectivity index (χ2n) is 2.66. The zero-order valence-corrected chi connectivity index (χ0v) is 7.22. The molecule has 0 aromatic rings. The third kappa shape index (κ3) is 4.25. The van der Waals surface area contributed by atoms with Crippen molar-refractivity contribution in [3.63, 3.8) is 0 Å². The van der Waals surface area contributed by atoms with Gasteiger partial charge in [-0.05, 0) is 37.6 Å². The van der Waals surface area contributed by atoms with E-state index < -0.39 is 0 Å². The highest BCUT2D eigenvalue weighted by atomic mass is 16.3. The molecule has 0 bridgehead atoms. The van der Waals surface area contributed by atoms with Gasteiger partial charge in [-0.25, -0.2) is 0 Å².